The minimum absolute atomic E-state index is 0.114. The Hall–Kier alpha value is -3.72. The molecule has 2 aromatic heterocycles. The van der Waals surface area contributed by atoms with Crippen LogP contribution in [0.15, 0.2) is 42.7 Å². The highest BCUT2D eigenvalue weighted by Gasteiger charge is 2.43. The standard InChI is InChI=1S/C29H29ClFN5O3/c1-5-19-20-14-38-27-22-25(23(31)24(34-27)17-10-6-8-16-9-7-11-18(30)21(16)17)32-15-33-26(22)35(20)12-13-36(19)28(37)39-29(2,3)4/h6-11,15,19-20H,5,12-14H2,1-4H3/t19-,20+/m0/s1. The van der Waals surface area contributed by atoms with Gasteiger partial charge in [0.15, 0.2) is 5.82 Å². The van der Waals surface area contributed by atoms with Crippen LogP contribution in [0.25, 0.3) is 32.9 Å². The number of benzene rings is 2. The molecular formula is C29H29ClFN5O3. The van der Waals surface area contributed by atoms with E-state index in [4.69, 9.17) is 26.1 Å². The van der Waals surface area contributed by atoms with Gasteiger partial charge in [0.1, 0.15) is 40.9 Å². The van der Waals surface area contributed by atoms with Crippen molar-refractivity contribution in [3.63, 3.8) is 0 Å². The first-order chi connectivity index (χ1) is 18.7. The molecular weight excluding hydrogens is 521 g/mol. The Morgan fingerprint density at radius 2 is 1.92 bits per heavy atom. The van der Waals surface area contributed by atoms with Gasteiger partial charge in [0.2, 0.25) is 5.88 Å². The molecule has 0 aliphatic carbocycles. The van der Waals surface area contributed by atoms with Crippen LogP contribution in [0.2, 0.25) is 5.02 Å². The van der Waals surface area contributed by atoms with Gasteiger partial charge in [0, 0.05) is 29.1 Å². The van der Waals surface area contributed by atoms with Crippen molar-refractivity contribution in [1.29, 1.82) is 0 Å². The van der Waals surface area contributed by atoms with E-state index in [0.29, 0.717) is 46.7 Å². The molecule has 2 aliphatic rings. The zero-order valence-corrected chi connectivity index (χ0v) is 23.0. The van der Waals surface area contributed by atoms with Crippen LogP contribution in [0.5, 0.6) is 5.88 Å². The lowest BCUT2D eigenvalue weighted by Gasteiger charge is -2.46. The van der Waals surface area contributed by atoms with E-state index in [1.165, 1.54) is 6.33 Å². The van der Waals surface area contributed by atoms with E-state index in [0.717, 1.165) is 5.39 Å². The summed E-state index contributed by atoms with van der Waals surface area (Å²) in [5.41, 5.74) is 0.196. The second-order valence-corrected chi connectivity index (χ2v) is 11.3. The van der Waals surface area contributed by atoms with Gasteiger partial charge in [-0.1, -0.05) is 48.9 Å². The van der Waals surface area contributed by atoms with Gasteiger partial charge in [-0.2, -0.15) is 0 Å². The van der Waals surface area contributed by atoms with Crippen molar-refractivity contribution in [3.05, 3.63) is 53.6 Å². The van der Waals surface area contributed by atoms with Gasteiger partial charge < -0.3 is 19.3 Å². The normalized spacial score (nSPS) is 19.0. The van der Waals surface area contributed by atoms with Crippen LogP contribution < -0.4 is 9.64 Å². The Morgan fingerprint density at radius 3 is 2.67 bits per heavy atom. The summed E-state index contributed by atoms with van der Waals surface area (Å²) in [6, 6.07) is 10.7. The second-order valence-electron chi connectivity index (χ2n) is 10.9. The van der Waals surface area contributed by atoms with E-state index >= 15 is 4.39 Å². The molecule has 1 amide bonds. The monoisotopic (exact) mass is 549 g/mol. The molecule has 2 aliphatic heterocycles. The molecule has 0 unspecified atom stereocenters. The molecule has 0 N–H and O–H groups in total. The number of ether oxygens (including phenoxy) is 2. The molecule has 202 valence electrons. The topological polar surface area (TPSA) is 80.7 Å². The lowest BCUT2D eigenvalue weighted by atomic mass is 9.99. The molecule has 4 aromatic rings. The van der Waals surface area contributed by atoms with Crippen LogP contribution in [-0.2, 0) is 4.74 Å². The maximum Gasteiger partial charge on any atom is 0.410 e. The SMILES string of the molecule is CC[C@H]1[C@H]2COc3nc(-c4cccc5cccc(Cl)c45)c(F)c4ncnc(c34)N2CCN1C(=O)OC(C)(C)C. The molecule has 6 rings (SSSR count). The van der Waals surface area contributed by atoms with Crippen molar-refractivity contribution < 1.29 is 18.7 Å². The third-order valence-corrected chi connectivity index (χ3v) is 7.63. The van der Waals surface area contributed by atoms with Crippen molar-refractivity contribution in [2.24, 2.45) is 0 Å². The number of aromatic nitrogens is 3. The Balaban J connectivity index is 1.47. The van der Waals surface area contributed by atoms with Gasteiger partial charge in [-0.05, 0) is 38.6 Å². The fourth-order valence-electron chi connectivity index (χ4n) is 5.68. The predicted molar refractivity (Wildman–Crippen MR) is 149 cm³/mol. The van der Waals surface area contributed by atoms with Gasteiger partial charge >= 0.3 is 6.09 Å². The first-order valence-corrected chi connectivity index (χ1v) is 13.5. The van der Waals surface area contributed by atoms with Crippen molar-refractivity contribution in [1.82, 2.24) is 19.9 Å². The minimum Gasteiger partial charge on any atom is -0.475 e. The number of anilines is 1. The molecule has 0 bridgehead atoms. The van der Waals surface area contributed by atoms with Crippen molar-refractivity contribution in [2.75, 3.05) is 24.6 Å². The number of pyridine rings is 1. The van der Waals surface area contributed by atoms with Gasteiger partial charge in [0.05, 0.1) is 12.1 Å². The summed E-state index contributed by atoms with van der Waals surface area (Å²) in [6.07, 6.45) is 1.69. The molecule has 2 aromatic carbocycles. The van der Waals surface area contributed by atoms with E-state index in [-0.39, 0.29) is 41.9 Å². The van der Waals surface area contributed by atoms with E-state index < -0.39 is 11.4 Å². The average molecular weight is 550 g/mol. The van der Waals surface area contributed by atoms with Gasteiger partial charge in [-0.15, -0.1) is 0 Å². The van der Waals surface area contributed by atoms with E-state index in [9.17, 15) is 4.79 Å². The maximum absolute atomic E-state index is 16.2. The van der Waals surface area contributed by atoms with Crippen LogP contribution in [0.3, 0.4) is 0 Å². The van der Waals surface area contributed by atoms with Crippen LogP contribution >= 0.6 is 11.6 Å². The van der Waals surface area contributed by atoms with E-state index in [1.54, 1.807) is 17.0 Å². The molecule has 0 radical (unpaired) electrons. The van der Waals surface area contributed by atoms with Gasteiger partial charge in [0.25, 0.3) is 0 Å². The number of hydrogen-bond acceptors (Lipinski definition) is 7. The quantitative estimate of drug-likeness (QED) is 0.293. The summed E-state index contributed by atoms with van der Waals surface area (Å²) < 4.78 is 28.2. The molecule has 10 heteroatoms. The number of piperazine rings is 1. The number of fused-ring (bicyclic) bond motifs is 3. The van der Waals surface area contributed by atoms with Crippen molar-refractivity contribution >= 4 is 45.2 Å². The first-order valence-electron chi connectivity index (χ1n) is 13.1. The highest BCUT2D eigenvalue weighted by Crippen LogP contribution is 2.42. The summed E-state index contributed by atoms with van der Waals surface area (Å²) in [7, 11) is 0. The lowest BCUT2D eigenvalue weighted by molar-refractivity contribution is 0.00596. The highest BCUT2D eigenvalue weighted by molar-refractivity contribution is 6.36. The van der Waals surface area contributed by atoms with Gasteiger partial charge in [-0.3, -0.25) is 0 Å². The highest BCUT2D eigenvalue weighted by atomic mass is 35.5. The van der Waals surface area contributed by atoms with Crippen molar-refractivity contribution in [2.45, 2.75) is 51.8 Å². The Bertz CT molecular complexity index is 1600. The molecule has 8 nitrogen and oxygen atoms in total. The largest absolute Gasteiger partial charge is 0.475 e. The third kappa shape index (κ3) is 4.29. The van der Waals surface area contributed by atoms with E-state index in [1.807, 2.05) is 52.0 Å². The second kappa shape index (κ2) is 9.48. The Labute approximate surface area is 230 Å². The molecule has 1 saturated heterocycles. The number of carbonyl (C=O) groups excluding carboxylic acids is 1. The smallest absolute Gasteiger partial charge is 0.410 e. The maximum atomic E-state index is 16.2. The first kappa shape index (κ1) is 25.6. The summed E-state index contributed by atoms with van der Waals surface area (Å²) >= 11 is 6.56. The minimum atomic E-state index is -0.607. The summed E-state index contributed by atoms with van der Waals surface area (Å²) in [4.78, 5) is 30.5. The summed E-state index contributed by atoms with van der Waals surface area (Å²) in [6.45, 7) is 8.74. The molecule has 0 saturated carbocycles. The number of hydrogen-bond donors (Lipinski definition) is 0. The Morgan fingerprint density at radius 1 is 1.15 bits per heavy atom. The molecule has 39 heavy (non-hydrogen) atoms. The third-order valence-electron chi connectivity index (χ3n) is 7.32. The summed E-state index contributed by atoms with van der Waals surface area (Å²) in [5.74, 6) is 0.245. The number of amides is 1. The molecule has 0 spiro atoms. The predicted octanol–water partition coefficient (Wildman–Crippen LogP) is 6.23. The Kier molecular flexibility index (Phi) is 6.21. The summed E-state index contributed by atoms with van der Waals surface area (Å²) in [5, 5.41) is 2.51. The fourth-order valence-corrected chi connectivity index (χ4v) is 5.97. The van der Waals surface area contributed by atoms with Crippen LogP contribution in [0.4, 0.5) is 15.0 Å². The molecule has 1 fully saturated rings. The number of halogens is 2. The fraction of sp³-hybridized carbons (Fsp3) is 0.379. The van der Waals surface area contributed by atoms with Crippen molar-refractivity contribution in [3.8, 4) is 17.1 Å². The zero-order chi connectivity index (χ0) is 27.5. The molecule has 4 heterocycles. The van der Waals surface area contributed by atoms with E-state index in [2.05, 4.69) is 14.9 Å². The zero-order valence-electron chi connectivity index (χ0n) is 22.2. The number of nitrogens with zero attached hydrogens (tertiary/aromatic N) is 5. The van der Waals surface area contributed by atoms with Gasteiger partial charge in [-0.25, -0.2) is 24.1 Å². The van der Waals surface area contributed by atoms with Crippen LogP contribution in [0, 0.1) is 5.82 Å². The average Bonchev–Trinajstić information content (AvgIpc) is 3.06. The number of rotatable bonds is 2. The molecule has 2 atom stereocenters. The van der Waals surface area contributed by atoms with Crippen LogP contribution in [0.1, 0.15) is 34.1 Å². The lowest BCUT2D eigenvalue weighted by Crippen LogP contribution is -2.63. The van der Waals surface area contributed by atoms with Crippen LogP contribution in [-0.4, -0.2) is 63.3 Å². The number of carbonyl (C=O) groups is 1.